The number of aromatic nitrogens is 2. The zero-order valence-corrected chi connectivity index (χ0v) is 10.1. The van der Waals surface area contributed by atoms with Gasteiger partial charge in [-0.3, -0.25) is 4.68 Å². The third-order valence-corrected chi connectivity index (χ3v) is 2.91. The molecule has 18 heavy (non-hydrogen) atoms. The van der Waals surface area contributed by atoms with Gasteiger partial charge in [-0.1, -0.05) is 12.1 Å². The van der Waals surface area contributed by atoms with Crippen LogP contribution in [0.5, 0.6) is 0 Å². The molecule has 0 fully saturated rings. The van der Waals surface area contributed by atoms with E-state index < -0.39 is 5.97 Å². The summed E-state index contributed by atoms with van der Waals surface area (Å²) in [6.45, 7) is 1.71. The molecular weight excluding hydrogens is 235 g/mol. The molecule has 0 saturated heterocycles. The number of carbonyl (C=O) groups is 1. The predicted octanol–water partition coefficient (Wildman–Crippen LogP) is 2.16. The second-order valence-corrected chi connectivity index (χ2v) is 4.14. The van der Waals surface area contributed by atoms with E-state index in [1.165, 1.54) is 12.1 Å². The van der Waals surface area contributed by atoms with Gasteiger partial charge in [-0.2, -0.15) is 5.10 Å². The summed E-state index contributed by atoms with van der Waals surface area (Å²) in [6.07, 6.45) is 0.379. The van der Waals surface area contributed by atoms with Crippen LogP contribution in [0, 0.1) is 12.7 Å². The lowest BCUT2D eigenvalue weighted by atomic mass is 10.1. The maximum Gasteiger partial charge on any atom is 0.339 e. The molecule has 0 radical (unpaired) electrons. The number of rotatable bonds is 3. The van der Waals surface area contributed by atoms with Gasteiger partial charge in [0.1, 0.15) is 11.4 Å². The smallest absolute Gasteiger partial charge is 0.339 e. The van der Waals surface area contributed by atoms with E-state index in [4.69, 9.17) is 5.11 Å². The van der Waals surface area contributed by atoms with Crippen LogP contribution in [0.3, 0.4) is 0 Å². The van der Waals surface area contributed by atoms with Crippen molar-refractivity contribution in [2.24, 2.45) is 7.05 Å². The van der Waals surface area contributed by atoms with Gasteiger partial charge in [0.15, 0.2) is 0 Å². The first-order valence-electron chi connectivity index (χ1n) is 5.49. The van der Waals surface area contributed by atoms with Crippen LogP contribution in [0.15, 0.2) is 24.3 Å². The Hall–Kier alpha value is -2.17. The maximum absolute atomic E-state index is 12.8. The zero-order chi connectivity index (χ0) is 13.3. The lowest BCUT2D eigenvalue weighted by Gasteiger charge is -2.00. The second-order valence-electron chi connectivity index (χ2n) is 4.14. The van der Waals surface area contributed by atoms with Gasteiger partial charge >= 0.3 is 5.97 Å². The Kier molecular flexibility index (Phi) is 3.14. The molecule has 94 valence electrons. The van der Waals surface area contributed by atoms with Crippen molar-refractivity contribution in [3.05, 3.63) is 52.6 Å². The van der Waals surface area contributed by atoms with E-state index in [1.54, 1.807) is 30.8 Å². The SMILES string of the molecule is Cc1c(C(=O)O)c(Cc2ccc(F)cc2)nn1C. The minimum Gasteiger partial charge on any atom is -0.478 e. The fourth-order valence-electron chi connectivity index (χ4n) is 1.87. The average molecular weight is 248 g/mol. The number of hydrogen-bond donors (Lipinski definition) is 1. The van der Waals surface area contributed by atoms with Crippen molar-refractivity contribution in [3.8, 4) is 0 Å². The van der Waals surface area contributed by atoms with Crippen LogP contribution in [-0.4, -0.2) is 20.9 Å². The fourth-order valence-corrected chi connectivity index (χ4v) is 1.87. The molecule has 0 saturated carbocycles. The normalized spacial score (nSPS) is 10.6. The third kappa shape index (κ3) is 2.25. The Bertz CT molecular complexity index is 588. The molecule has 5 heteroatoms. The topological polar surface area (TPSA) is 55.1 Å². The first-order valence-corrected chi connectivity index (χ1v) is 5.49. The average Bonchev–Trinajstić information content (AvgIpc) is 2.58. The van der Waals surface area contributed by atoms with Gasteiger partial charge in [0.2, 0.25) is 0 Å². The highest BCUT2D eigenvalue weighted by Gasteiger charge is 2.19. The van der Waals surface area contributed by atoms with E-state index in [1.807, 2.05) is 0 Å². The van der Waals surface area contributed by atoms with E-state index in [9.17, 15) is 9.18 Å². The van der Waals surface area contributed by atoms with Gasteiger partial charge in [-0.15, -0.1) is 0 Å². The fraction of sp³-hybridized carbons (Fsp3) is 0.231. The summed E-state index contributed by atoms with van der Waals surface area (Å²) in [4.78, 5) is 11.2. The summed E-state index contributed by atoms with van der Waals surface area (Å²) in [5.74, 6) is -1.30. The van der Waals surface area contributed by atoms with Crippen molar-refractivity contribution in [3.63, 3.8) is 0 Å². The van der Waals surface area contributed by atoms with E-state index in [0.717, 1.165) is 5.56 Å². The highest BCUT2D eigenvalue weighted by Crippen LogP contribution is 2.17. The highest BCUT2D eigenvalue weighted by molar-refractivity contribution is 5.90. The zero-order valence-electron chi connectivity index (χ0n) is 10.1. The number of nitrogens with zero attached hydrogens (tertiary/aromatic N) is 2. The number of carboxylic acid groups (broad SMARTS) is 1. The molecule has 0 aliphatic carbocycles. The Balaban J connectivity index is 2.37. The quantitative estimate of drug-likeness (QED) is 0.905. The summed E-state index contributed by atoms with van der Waals surface area (Å²) >= 11 is 0. The summed E-state index contributed by atoms with van der Waals surface area (Å²) < 4.78 is 14.3. The minimum atomic E-state index is -0.988. The molecule has 1 aromatic carbocycles. The van der Waals surface area contributed by atoms with Crippen LogP contribution in [0.25, 0.3) is 0 Å². The van der Waals surface area contributed by atoms with E-state index in [2.05, 4.69) is 5.10 Å². The summed E-state index contributed by atoms with van der Waals surface area (Å²) in [5.41, 5.74) is 2.16. The Morgan fingerprint density at radius 2 is 2.00 bits per heavy atom. The number of benzene rings is 1. The number of aromatic carboxylic acids is 1. The first-order chi connectivity index (χ1) is 8.49. The lowest BCUT2D eigenvalue weighted by Crippen LogP contribution is -2.03. The van der Waals surface area contributed by atoms with Gasteiger partial charge in [-0.25, -0.2) is 9.18 Å². The molecule has 0 unspecified atom stereocenters. The first kappa shape index (κ1) is 12.3. The van der Waals surface area contributed by atoms with Crippen molar-refractivity contribution in [1.82, 2.24) is 9.78 Å². The van der Waals surface area contributed by atoms with E-state index in [-0.39, 0.29) is 11.4 Å². The van der Waals surface area contributed by atoms with Gasteiger partial charge in [0.05, 0.1) is 5.69 Å². The molecule has 0 aliphatic rings. The molecule has 1 heterocycles. The largest absolute Gasteiger partial charge is 0.478 e. The van der Waals surface area contributed by atoms with E-state index >= 15 is 0 Å². The van der Waals surface area contributed by atoms with Gasteiger partial charge < -0.3 is 5.11 Å². The number of carboxylic acids is 1. The summed E-state index contributed by atoms with van der Waals surface area (Å²) in [5, 5.41) is 13.4. The number of hydrogen-bond acceptors (Lipinski definition) is 2. The van der Waals surface area contributed by atoms with Gasteiger partial charge in [0, 0.05) is 19.2 Å². The second kappa shape index (κ2) is 4.60. The molecule has 0 aliphatic heterocycles. The van der Waals surface area contributed by atoms with Crippen LogP contribution in [0.1, 0.15) is 27.3 Å². The van der Waals surface area contributed by atoms with Crippen LogP contribution in [0.2, 0.25) is 0 Å². The van der Waals surface area contributed by atoms with Crippen LogP contribution in [-0.2, 0) is 13.5 Å². The molecule has 0 amide bonds. The van der Waals surface area contributed by atoms with Crippen molar-refractivity contribution >= 4 is 5.97 Å². The maximum atomic E-state index is 12.8. The predicted molar refractivity (Wildman–Crippen MR) is 64.1 cm³/mol. The molecule has 1 aromatic heterocycles. The van der Waals surface area contributed by atoms with Crippen molar-refractivity contribution in [1.29, 1.82) is 0 Å². The Labute approximate surface area is 104 Å². The van der Waals surface area contributed by atoms with Gasteiger partial charge in [0.25, 0.3) is 0 Å². The van der Waals surface area contributed by atoms with Gasteiger partial charge in [-0.05, 0) is 24.6 Å². The number of halogens is 1. The molecule has 0 bridgehead atoms. The molecule has 0 atom stereocenters. The van der Waals surface area contributed by atoms with Crippen molar-refractivity contribution in [2.75, 3.05) is 0 Å². The lowest BCUT2D eigenvalue weighted by molar-refractivity contribution is 0.0695. The molecule has 2 aromatic rings. The van der Waals surface area contributed by atoms with Crippen molar-refractivity contribution in [2.45, 2.75) is 13.3 Å². The van der Waals surface area contributed by atoms with Crippen LogP contribution < -0.4 is 0 Å². The Morgan fingerprint density at radius 1 is 1.39 bits per heavy atom. The Morgan fingerprint density at radius 3 is 2.56 bits per heavy atom. The molecule has 1 N–H and O–H groups in total. The van der Waals surface area contributed by atoms with Crippen LogP contribution in [0.4, 0.5) is 4.39 Å². The standard InChI is InChI=1S/C13H13FN2O2/c1-8-12(13(17)18)11(15-16(8)2)7-9-3-5-10(14)6-4-9/h3-6H,7H2,1-2H3,(H,17,18). The molecule has 4 nitrogen and oxygen atoms in total. The highest BCUT2D eigenvalue weighted by atomic mass is 19.1. The van der Waals surface area contributed by atoms with E-state index in [0.29, 0.717) is 17.8 Å². The molecular formula is C13H13FN2O2. The summed E-state index contributed by atoms with van der Waals surface area (Å²) in [6, 6.07) is 5.97. The van der Waals surface area contributed by atoms with Crippen LogP contribution >= 0.6 is 0 Å². The molecule has 0 spiro atoms. The number of aryl methyl sites for hydroxylation is 1. The molecule has 2 rings (SSSR count). The monoisotopic (exact) mass is 248 g/mol. The van der Waals surface area contributed by atoms with Crippen molar-refractivity contribution < 1.29 is 14.3 Å². The third-order valence-electron chi connectivity index (χ3n) is 2.91. The minimum absolute atomic E-state index is 0.224. The summed E-state index contributed by atoms with van der Waals surface area (Å²) in [7, 11) is 1.70.